The Morgan fingerprint density at radius 2 is 1.97 bits per heavy atom. The standard InChI is InChI=1S/C28H35ClN2O3S/c1-20-5-3-4-6-26(20)35-16-15-31-13-11-28(19-32,12-14-31)10-9-25(33)27-22-17-21(34-2)7-8-24(22)30-18-23(27)29/h3-8,17-18,25,32-33H,9-16,19H2,1-2H3/t25-/m1/s1. The van der Waals surface area contributed by atoms with Gasteiger partial charge in [-0.05, 0) is 80.9 Å². The van der Waals surface area contributed by atoms with Crippen molar-refractivity contribution in [2.75, 3.05) is 39.1 Å². The lowest BCUT2D eigenvalue weighted by molar-refractivity contribution is 0.0254. The van der Waals surface area contributed by atoms with Crippen molar-refractivity contribution in [2.24, 2.45) is 5.41 Å². The number of aliphatic hydroxyl groups excluding tert-OH is 2. The van der Waals surface area contributed by atoms with Crippen LogP contribution in [0.3, 0.4) is 0 Å². The molecule has 188 valence electrons. The van der Waals surface area contributed by atoms with Crippen LogP contribution in [0.5, 0.6) is 5.75 Å². The van der Waals surface area contributed by atoms with E-state index in [9.17, 15) is 10.2 Å². The smallest absolute Gasteiger partial charge is 0.119 e. The number of thioether (sulfide) groups is 1. The minimum atomic E-state index is -0.730. The van der Waals surface area contributed by atoms with Gasteiger partial charge in [0.1, 0.15) is 5.75 Å². The van der Waals surface area contributed by atoms with Gasteiger partial charge in [-0.2, -0.15) is 0 Å². The van der Waals surface area contributed by atoms with Crippen molar-refractivity contribution in [1.29, 1.82) is 0 Å². The van der Waals surface area contributed by atoms with Crippen LogP contribution in [0, 0.1) is 12.3 Å². The number of hydrogen-bond acceptors (Lipinski definition) is 6. The molecule has 7 heteroatoms. The van der Waals surface area contributed by atoms with Crippen molar-refractivity contribution in [3.05, 3.63) is 64.8 Å². The highest BCUT2D eigenvalue weighted by Gasteiger charge is 2.34. The summed E-state index contributed by atoms with van der Waals surface area (Å²) in [5.41, 5.74) is 2.63. The van der Waals surface area contributed by atoms with E-state index in [-0.39, 0.29) is 12.0 Å². The van der Waals surface area contributed by atoms with Crippen LogP contribution < -0.4 is 4.74 Å². The van der Waals surface area contributed by atoms with Crippen LogP contribution in [-0.2, 0) is 0 Å². The SMILES string of the molecule is COc1ccc2ncc(Cl)c([C@H](O)CCC3(CO)CCN(CCSc4ccccc4C)CC3)c2c1. The normalized spacial score (nSPS) is 16.9. The molecule has 0 unspecified atom stereocenters. The summed E-state index contributed by atoms with van der Waals surface area (Å²) in [4.78, 5) is 8.24. The van der Waals surface area contributed by atoms with Crippen molar-refractivity contribution in [2.45, 2.75) is 43.6 Å². The summed E-state index contributed by atoms with van der Waals surface area (Å²) in [5.74, 6) is 1.77. The lowest BCUT2D eigenvalue weighted by Crippen LogP contribution is -2.43. The van der Waals surface area contributed by atoms with Crippen LogP contribution in [0.4, 0.5) is 0 Å². The van der Waals surface area contributed by atoms with Gasteiger partial charge >= 0.3 is 0 Å². The Hall–Kier alpha value is -1.83. The number of methoxy groups -OCH3 is 1. The second kappa shape index (κ2) is 11.9. The summed E-state index contributed by atoms with van der Waals surface area (Å²) in [7, 11) is 1.62. The van der Waals surface area contributed by atoms with E-state index in [0.29, 0.717) is 22.8 Å². The highest BCUT2D eigenvalue weighted by molar-refractivity contribution is 7.99. The number of nitrogens with zero attached hydrogens (tertiary/aromatic N) is 2. The Labute approximate surface area is 217 Å². The maximum Gasteiger partial charge on any atom is 0.119 e. The number of aromatic nitrogens is 1. The minimum absolute atomic E-state index is 0.143. The topological polar surface area (TPSA) is 65.8 Å². The van der Waals surface area contributed by atoms with Crippen molar-refractivity contribution in [1.82, 2.24) is 9.88 Å². The van der Waals surface area contributed by atoms with Gasteiger partial charge in [-0.15, -0.1) is 11.8 Å². The molecule has 2 aromatic carbocycles. The molecule has 0 amide bonds. The van der Waals surface area contributed by atoms with Crippen LogP contribution in [0.15, 0.2) is 53.6 Å². The first kappa shape index (κ1) is 26.2. The van der Waals surface area contributed by atoms with Crippen molar-refractivity contribution < 1.29 is 14.9 Å². The fourth-order valence-electron chi connectivity index (χ4n) is 4.96. The van der Waals surface area contributed by atoms with Gasteiger partial charge in [0.25, 0.3) is 0 Å². The molecule has 0 radical (unpaired) electrons. The van der Waals surface area contributed by atoms with Crippen molar-refractivity contribution in [3.63, 3.8) is 0 Å². The van der Waals surface area contributed by atoms with Gasteiger partial charge in [-0.1, -0.05) is 29.8 Å². The molecule has 2 N–H and O–H groups in total. The predicted molar refractivity (Wildman–Crippen MR) is 145 cm³/mol. The van der Waals surface area contributed by atoms with Gasteiger partial charge in [0.05, 0.1) is 23.8 Å². The van der Waals surface area contributed by atoms with E-state index in [4.69, 9.17) is 16.3 Å². The first-order chi connectivity index (χ1) is 16.9. The third-order valence-electron chi connectivity index (χ3n) is 7.36. The minimum Gasteiger partial charge on any atom is -0.497 e. The van der Waals surface area contributed by atoms with E-state index in [1.165, 1.54) is 10.5 Å². The summed E-state index contributed by atoms with van der Waals surface area (Å²) in [6.07, 6.45) is 4.03. The Morgan fingerprint density at radius 1 is 1.20 bits per heavy atom. The number of rotatable bonds is 10. The van der Waals surface area contributed by atoms with E-state index in [0.717, 1.165) is 55.6 Å². The van der Waals surface area contributed by atoms with Gasteiger partial charge < -0.3 is 19.8 Å². The fraction of sp³-hybridized carbons (Fsp3) is 0.464. The molecule has 35 heavy (non-hydrogen) atoms. The van der Waals surface area contributed by atoms with E-state index in [1.54, 1.807) is 13.3 Å². The lowest BCUT2D eigenvalue weighted by Gasteiger charge is -2.41. The number of benzene rings is 2. The predicted octanol–water partition coefficient (Wildman–Crippen LogP) is 5.89. The highest BCUT2D eigenvalue weighted by Crippen LogP contribution is 2.40. The molecule has 3 aromatic rings. The van der Waals surface area contributed by atoms with Gasteiger partial charge in [-0.3, -0.25) is 4.98 Å². The molecule has 1 aliphatic rings. The van der Waals surface area contributed by atoms with Crippen LogP contribution in [0.1, 0.15) is 42.9 Å². The quantitative estimate of drug-likeness (QED) is 0.329. The number of hydrogen-bond donors (Lipinski definition) is 2. The van der Waals surface area contributed by atoms with Gasteiger partial charge in [0.15, 0.2) is 0 Å². The monoisotopic (exact) mass is 514 g/mol. The molecule has 0 bridgehead atoms. The second-order valence-electron chi connectivity index (χ2n) is 9.57. The molecule has 0 aliphatic carbocycles. The summed E-state index contributed by atoms with van der Waals surface area (Å²) in [6.45, 7) is 5.29. The lowest BCUT2D eigenvalue weighted by atomic mass is 9.74. The Balaban J connectivity index is 1.34. The van der Waals surface area contributed by atoms with E-state index < -0.39 is 6.10 Å². The molecular formula is C28H35ClN2O3S. The number of pyridine rings is 1. The zero-order chi connectivity index (χ0) is 24.8. The van der Waals surface area contributed by atoms with Crippen molar-refractivity contribution >= 4 is 34.3 Å². The fourth-order valence-corrected chi connectivity index (χ4v) is 6.28. The molecule has 1 aliphatic heterocycles. The average Bonchev–Trinajstić information content (AvgIpc) is 2.89. The molecule has 5 nitrogen and oxygen atoms in total. The summed E-state index contributed by atoms with van der Waals surface area (Å²) < 4.78 is 5.36. The Morgan fingerprint density at radius 3 is 2.69 bits per heavy atom. The van der Waals surface area contributed by atoms with Gasteiger partial charge in [0, 0.05) is 40.9 Å². The van der Waals surface area contributed by atoms with Gasteiger partial charge in [-0.25, -0.2) is 0 Å². The Bertz CT molecular complexity index is 1130. The number of aryl methyl sites for hydroxylation is 1. The summed E-state index contributed by atoms with van der Waals surface area (Å²) in [6, 6.07) is 14.1. The maximum absolute atomic E-state index is 11.2. The molecule has 1 saturated heterocycles. The first-order valence-corrected chi connectivity index (χ1v) is 13.6. The second-order valence-corrected chi connectivity index (χ2v) is 11.1. The van der Waals surface area contributed by atoms with E-state index >= 15 is 0 Å². The third-order valence-corrected chi connectivity index (χ3v) is 8.82. The molecule has 0 spiro atoms. The first-order valence-electron chi connectivity index (χ1n) is 12.3. The largest absolute Gasteiger partial charge is 0.497 e. The van der Waals surface area contributed by atoms with E-state index in [2.05, 4.69) is 41.1 Å². The molecule has 1 atom stereocenters. The highest BCUT2D eigenvalue weighted by atomic mass is 35.5. The summed E-state index contributed by atoms with van der Waals surface area (Å²) >= 11 is 8.40. The maximum atomic E-state index is 11.2. The van der Waals surface area contributed by atoms with E-state index in [1.807, 2.05) is 30.0 Å². The number of fused-ring (bicyclic) bond motifs is 1. The van der Waals surface area contributed by atoms with Crippen LogP contribution in [0.25, 0.3) is 10.9 Å². The molecule has 2 heterocycles. The Kier molecular flexibility index (Phi) is 8.95. The van der Waals surface area contributed by atoms with Crippen molar-refractivity contribution in [3.8, 4) is 5.75 Å². The number of piperidine rings is 1. The number of halogens is 1. The summed E-state index contributed by atoms with van der Waals surface area (Å²) in [5, 5.41) is 22.7. The number of aliphatic hydroxyl groups is 2. The number of ether oxygens (including phenoxy) is 1. The van der Waals surface area contributed by atoms with Crippen LogP contribution >= 0.6 is 23.4 Å². The zero-order valence-corrected chi connectivity index (χ0v) is 22.1. The molecule has 0 saturated carbocycles. The van der Waals surface area contributed by atoms with Crippen LogP contribution in [0.2, 0.25) is 5.02 Å². The molecule has 4 rings (SSSR count). The molecule has 1 fully saturated rings. The number of likely N-dealkylation sites (tertiary alicyclic amines) is 1. The molecule has 1 aromatic heterocycles. The van der Waals surface area contributed by atoms with Gasteiger partial charge in [0.2, 0.25) is 0 Å². The molecular weight excluding hydrogens is 480 g/mol. The zero-order valence-electron chi connectivity index (χ0n) is 20.5. The third kappa shape index (κ3) is 6.30. The average molecular weight is 515 g/mol. The van der Waals surface area contributed by atoms with Crippen LogP contribution in [-0.4, -0.2) is 59.2 Å².